The molecule has 4 heterocycles. The molecule has 9 nitrogen and oxygen atoms in total. The van der Waals surface area contributed by atoms with Gasteiger partial charge in [-0.1, -0.05) is 26.1 Å². The maximum Gasteiger partial charge on any atom is 0.362 e. The minimum atomic E-state index is -4.16. The van der Waals surface area contributed by atoms with Crippen molar-refractivity contribution in [3.8, 4) is 0 Å². The highest BCUT2D eigenvalue weighted by atomic mass is 32.1. The number of halogens is 2. The Morgan fingerprint density at radius 3 is 2.57 bits per heavy atom. The van der Waals surface area contributed by atoms with E-state index < -0.39 is 54.6 Å². The Labute approximate surface area is 206 Å². The number of hydrogen-bond acceptors (Lipinski definition) is 8. The van der Waals surface area contributed by atoms with Crippen molar-refractivity contribution in [1.82, 2.24) is 9.97 Å². The summed E-state index contributed by atoms with van der Waals surface area (Å²) < 4.78 is 58.5. The predicted molar refractivity (Wildman–Crippen MR) is 124 cm³/mol. The van der Waals surface area contributed by atoms with Gasteiger partial charge in [0.25, 0.3) is 0 Å². The Balaban J connectivity index is 1.61. The van der Waals surface area contributed by atoms with Crippen molar-refractivity contribution < 1.29 is 42.4 Å². The number of aromatic amines is 1. The average molecular weight is 535 g/mol. The highest BCUT2D eigenvalue weighted by Crippen LogP contribution is 2.66. The van der Waals surface area contributed by atoms with Gasteiger partial charge in [-0.05, 0) is 32.8 Å². The van der Waals surface area contributed by atoms with Gasteiger partial charge in [0.05, 0.1) is 29.4 Å². The minimum Gasteiger partial charge on any atom is -0.388 e. The van der Waals surface area contributed by atoms with E-state index in [2.05, 4.69) is 9.97 Å². The average Bonchev–Trinajstić information content (AvgIpc) is 3.57. The van der Waals surface area contributed by atoms with E-state index in [0.29, 0.717) is 12.8 Å². The Morgan fingerprint density at radius 2 is 2.00 bits per heavy atom. The highest BCUT2D eigenvalue weighted by Gasteiger charge is 2.61. The molecule has 7 atom stereocenters. The van der Waals surface area contributed by atoms with Crippen LogP contribution in [0.15, 0.2) is 6.07 Å². The van der Waals surface area contributed by atoms with Gasteiger partial charge in [0.1, 0.15) is 28.6 Å². The van der Waals surface area contributed by atoms with E-state index in [4.69, 9.17) is 26.2 Å². The molecule has 13 heteroatoms. The summed E-state index contributed by atoms with van der Waals surface area (Å²) in [7, 11) is -4.16. The van der Waals surface area contributed by atoms with Gasteiger partial charge in [0.15, 0.2) is 17.0 Å². The third kappa shape index (κ3) is 4.59. The van der Waals surface area contributed by atoms with E-state index in [-0.39, 0.29) is 40.0 Å². The molecule has 0 radical (unpaired) electrons. The van der Waals surface area contributed by atoms with Gasteiger partial charge >= 0.3 is 7.60 Å². The normalized spacial score (nSPS) is 31.9. The second kappa shape index (κ2) is 9.18. The van der Waals surface area contributed by atoms with Crippen LogP contribution in [0.5, 0.6) is 0 Å². The number of aromatic nitrogens is 2. The summed E-state index contributed by atoms with van der Waals surface area (Å²) >= 11 is 5.34. The Hall–Kier alpha value is -1.37. The van der Waals surface area contributed by atoms with Crippen molar-refractivity contribution in [3.05, 3.63) is 33.6 Å². The zero-order valence-corrected chi connectivity index (χ0v) is 21.5. The van der Waals surface area contributed by atoms with Crippen LogP contribution >= 0.6 is 19.8 Å². The number of hydrogen-bond donors (Lipinski definition) is 4. The van der Waals surface area contributed by atoms with Crippen LogP contribution in [0, 0.1) is 23.2 Å². The summed E-state index contributed by atoms with van der Waals surface area (Å²) in [4.78, 5) is 17.3. The van der Waals surface area contributed by atoms with Crippen LogP contribution in [0.1, 0.15) is 57.4 Å². The van der Waals surface area contributed by atoms with Crippen LogP contribution in [0.2, 0.25) is 0 Å². The molecular formula is C22H29F2N2O7PS. The van der Waals surface area contributed by atoms with Crippen molar-refractivity contribution in [2.24, 2.45) is 0 Å². The van der Waals surface area contributed by atoms with Crippen LogP contribution in [-0.2, 0) is 18.6 Å². The van der Waals surface area contributed by atoms with Gasteiger partial charge in [-0.15, -0.1) is 0 Å². The van der Waals surface area contributed by atoms with Crippen molar-refractivity contribution in [2.75, 3.05) is 6.61 Å². The zero-order valence-electron chi connectivity index (χ0n) is 19.7. The van der Waals surface area contributed by atoms with Gasteiger partial charge in [-0.25, -0.2) is 13.8 Å². The third-order valence-electron chi connectivity index (χ3n) is 7.01. The van der Waals surface area contributed by atoms with Crippen LogP contribution in [0.25, 0.3) is 11.0 Å². The van der Waals surface area contributed by atoms with Crippen LogP contribution in [0.3, 0.4) is 0 Å². The summed E-state index contributed by atoms with van der Waals surface area (Å²) in [6.45, 7) is 6.54. The number of aliphatic hydroxyl groups is 2. The predicted octanol–water partition coefficient (Wildman–Crippen LogP) is 3.94. The fraction of sp³-hybridized carbons (Fsp3) is 0.636. The molecule has 194 valence electrons. The molecule has 2 aromatic rings. The first kappa shape index (κ1) is 26.7. The van der Waals surface area contributed by atoms with Gasteiger partial charge in [0.2, 0.25) is 0 Å². The van der Waals surface area contributed by atoms with Crippen molar-refractivity contribution in [3.63, 3.8) is 0 Å². The van der Waals surface area contributed by atoms with Crippen LogP contribution in [0.4, 0.5) is 8.78 Å². The zero-order chi connectivity index (χ0) is 25.9. The summed E-state index contributed by atoms with van der Waals surface area (Å²) in [6.07, 6.45) is -4.44. The van der Waals surface area contributed by atoms with E-state index in [1.165, 1.54) is 13.0 Å². The van der Waals surface area contributed by atoms with E-state index in [0.717, 1.165) is 0 Å². The molecule has 2 aromatic heterocycles. The summed E-state index contributed by atoms with van der Waals surface area (Å²) in [5.74, 6) is -2.23. The second-order valence-electron chi connectivity index (χ2n) is 9.43. The molecule has 2 aliphatic heterocycles. The molecule has 35 heavy (non-hydrogen) atoms. The topological polar surface area (TPSA) is 137 Å². The first-order chi connectivity index (χ1) is 16.3. The number of ether oxygens (including phenoxy) is 2. The lowest BCUT2D eigenvalue weighted by Crippen LogP contribution is -2.39. The molecule has 2 aliphatic rings. The molecule has 0 aliphatic carbocycles. The number of nitrogens with one attached hydrogen (secondary N) is 1. The molecule has 0 bridgehead atoms. The molecule has 0 saturated carbocycles. The SMILES string of the molecule is CCC(C)(CC1OC(c2cc3c(F)c(F)c(C)nc3[nH]c2=S)C(O)C1O)OP(=O)(O)C1(CC)CO1. The van der Waals surface area contributed by atoms with Gasteiger partial charge in [-0.2, -0.15) is 0 Å². The molecule has 0 aromatic carbocycles. The van der Waals surface area contributed by atoms with E-state index in [9.17, 15) is 28.5 Å². The third-order valence-corrected chi connectivity index (χ3v) is 9.64. The number of pyridine rings is 2. The summed E-state index contributed by atoms with van der Waals surface area (Å²) in [5.41, 5.74) is -1.14. The molecule has 7 unspecified atom stereocenters. The molecule has 0 amide bonds. The lowest BCUT2D eigenvalue weighted by atomic mass is 9.92. The molecule has 2 fully saturated rings. The summed E-state index contributed by atoms with van der Waals surface area (Å²) in [5, 5.41) is 20.1. The standard InChI is InChI=1S/C22H29F2N2O7PS/c1-5-21(4,33-34(29,30)22(6-2)9-31-22)8-13-16(27)17(28)18(32-13)12-7-11-15(24)14(23)10(3)25-19(11)26-20(12)35/h7,13,16-18,27-28H,5-6,8-9H2,1-4H3,(H,29,30)(H,25,26,35). The molecule has 2 saturated heterocycles. The first-order valence-corrected chi connectivity index (χ1v) is 13.3. The van der Waals surface area contributed by atoms with Crippen LogP contribution < -0.4 is 0 Å². The quantitative estimate of drug-likeness (QED) is 0.225. The molecule has 4 N–H and O–H groups in total. The van der Waals surface area contributed by atoms with Gasteiger partial charge < -0.3 is 34.1 Å². The fourth-order valence-corrected chi connectivity index (χ4v) is 6.41. The lowest BCUT2D eigenvalue weighted by molar-refractivity contribution is -0.0484. The van der Waals surface area contributed by atoms with E-state index in [1.807, 2.05) is 0 Å². The largest absolute Gasteiger partial charge is 0.388 e. The van der Waals surface area contributed by atoms with Gasteiger partial charge in [-0.3, -0.25) is 4.57 Å². The van der Waals surface area contributed by atoms with Crippen molar-refractivity contribution in [2.45, 2.75) is 82.3 Å². The Bertz CT molecular complexity index is 1260. The lowest BCUT2D eigenvalue weighted by Gasteiger charge is -2.35. The number of H-pyrrole nitrogens is 1. The number of epoxide rings is 1. The van der Waals surface area contributed by atoms with Gasteiger partial charge in [0, 0.05) is 12.0 Å². The van der Waals surface area contributed by atoms with Crippen molar-refractivity contribution in [1.29, 1.82) is 0 Å². The maximum atomic E-state index is 14.6. The number of nitrogens with zero attached hydrogens (tertiary/aromatic N) is 1. The minimum absolute atomic E-state index is 0.0314. The van der Waals surface area contributed by atoms with E-state index in [1.54, 1.807) is 20.8 Å². The second-order valence-corrected chi connectivity index (χ2v) is 11.9. The molecule has 4 rings (SSSR count). The molecule has 0 spiro atoms. The number of aryl methyl sites for hydroxylation is 1. The van der Waals surface area contributed by atoms with Crippen LogP contribution in [-0.4, -0.2) is 60.9 Å². The Kier molecular flexibility index (Phi) is 7.00. The maximum absolute atomic E-state index is 14.6. The number of aliphatic hydroxyl groups excluding tert-OH is 2. The molecular weight excluding hydrogens is 505 g/mol. The number of rotatable bonds is 8. The van der Waals surface area contributed by atoms with E-state index >= 15 is 0 Å². The smallest absolute Gasteiger partial charge is 0.362 e. The fourth-order valence-electron chi connectivity index (χ4n) is 4.38. The highest BCUT2D eigenvalue weighted by molar-refractivity contribution is 7.71. The first-order valence-electron chi connectivity index (χ1n) is 11.4. The van der Waals surface area contributed by atoms with Crippen molar-refractivity contribution >= 4 is 30.8 Å². The Morgan fingerprint density at radius 1 is 1.34 bits per heavy atom. The number of fused-ring (bicyclic) bond motifs is 1. The monoisotopic (exact) mass is 534 g/mol. The summed E-state index contributed by atoms with van der Waals surface area (Å²) in [6, 6.07) is 1.24.